The molecule has 7 heteroatoms. The summed E-state index contributed by atoms with van der Waals surface area (Å²) in [5.74, 6) is -0.467. The number of hydrogen-bond acceptors (Lipinski definition) is 3. The maximum absolute atomic E-state index is 13.4. The summed E-state index contributed by atoms with van der Waals surface area (Å²) >= 11 is 0. The van der Waals surface area contributed by atoms with Crippen LogP contribution in [0.25, 0.3) is 5.69 Å². The van der Waals surface area contributed by atoms with Gasteiger partial charge in [-0.25, -0.2) is 9.07 Å². The van der Waals surface area contributed by atoms with Gasteiger partial charge in [-0.3, -0.25) is 9.59 Å². The van der Waals surface area contributed by atoms with E-state index in [0.29, 0.717) is 24.3 Å². The van der Waals surface area contributed by atoms with Crippen molar-refractivity contribution >= 4 is 11.8 Å². The molecule has 0 saturated carbocycles. The van der Waals surface area contributed by atoms with Gasteiger partial charge in [0.1, 0.15) is 5.82 Å². The van der Waals surface area contributed by atoms with Gasteiger partial charge in [-0.05, 0) is 68.1 Å². The lowest BCUT2D eigenvalue weighted by Gasteiger charge is -2.21. The zero-order valence-electron chi connectivity index (χ0n) is 18.6. The van der Waals surface area contributed by atoms with E-state index in [-0.39, 0.29) is 17.6 Å². The highest BCUT2D eigenvalue weighted by molar-refractivity contribution is 5.95. The average molecular weight is 435 g/mol. The molecule has 0 radical (unpaired) electrons. The number of halogens is 1. The molecule has 2 amide bonds. The first-order valence-electron chi connectivity index (χ1n) is 10.9. The van der Waals surface area contributed by atoms with Gasteiger partial charge in [0.15, 0.2) is 5.69 Å². The van der Waals surface area contributed by atoms with Gasteiger partial charge in [-0.15, -0.1) is 0 Å². The zero-order chi connectivity index (χ0) is 22.8. The zero-order valence-corrected chi connectivity index (χ0v) is 18.6. The SMILES string of the molecule is CCN(Cc1ccc(C(=O)N(C)C)cc1)C(=O)c1nn(-c2ccc(F)cc2)c2c1CCC2. The third kappa shape index (κ3) is 4.15. The molecular weight excluding hydrogens is 407 g/mol. The highest BCUT2D eigenvalue weighted by atomic mass is 19.1. The van der Waals surface area contributed by atoms with Gasteiger partial charge in [0.25, 0.3) is 11.8 Å². The van der Waals surface area contributed by atoms with Gasteiger partial charge in [-0.2, -0.15) is 5.10 Å². The van der Waals surface area contributed by atoms with Crippen molar-refractivity contribution in [1.29, 1.82) is 0 Å². The fourth-order valence-corrected chi connectivity index (χ4v) is 4.11. The minimum atomic E-state index is -0.302. The van der Waals surface area contributed by atoms with Crippen LogP contribution in [0, 0.1) is 5.82 Å². The lowest BCUT2D eigenvalue weighted by atomic mass is 10.1. The van der Waals surface area contributed by atoms with Crippen LogP contribution in [0.5, 0.6) is 0 Å². The van der Waals surface area contributed by atoms with E-state index in [1.165, 1.54) is 17.0 Å². The number of nitrogens with zero attached hydrogens (tertiary/aromatic N) is 4. The second kappa shape index (κ2) is 8.94. The quantitative estimate of drug-likeness (QED) is 0.592. The van der Waals surface area contributed by atoms with Crippen molar-refractivity contribution in [3.8, 4) is 5.69 Å². The van der Waals surface area contributed by atoms with Crippen LogP contribution in [0.3, 0.4) is 0 Å². The van der Waals surface area contributed by atoms with E-state index in [1.54, 1.807) is 47.9 Å². The van der Waals surface area contributed by atoms with E-state index in [2.05, 4.69) is 5.10 Å². The van der Waals surface area contributed by atoms with Crippen molar-refractivity contribution in [2.45, 2.75) is 32.7 Å². The number of hydrogen-bond donors (Lipinski definition) is 0. The molecule has 4 rings (SSSR count). The number of carbonyl (C=O) groups excluding carboxylic acids is 2. The third-order valence-electron chi connectivity index (χ3n) is 5.85. The van der Waals surface area contributed by atoms with Crippen molar-refractivity contribution in [3.05, 3.63) is 82.4 Å². The molecule has 1 aliphatic carbocycles. The standard InChI is InChI=1S/C25H27FN4O2/c1-4-29(16-17-8-10-18(11-9-17)24(31)28(2)3)25(32)23-21-6-5-7-22(21)30(27-23)20-14-12-19(26)13-15-20/h8-15H,4-7,16H2,1-3H3. The molecule has 1 heterocycles. The Labute approximate surface area is 187 Å². The summed E-state index contributed by atoms with van der Waals surface area (Å²) in [5, 5.41) is 4.65. The van der Waals surface area contributed by atoms with Crippen molar-refractivity contribution < 1.29 is 14.0 Å². The van der Waals surface area contributed by atoms with Gasteiger partial charge >= 0.3 is 0 Å². The lowest BCUT2D eigenvalue weighted by molar-refractivity contribution is 0.0744. The van der Waals surface area contributed by atoms with Gasteiger partial charge in [0.2, 0.25) is 0 Å². The number of benzene rings is 2. The second-order valence-electron chi connectivity index (χ2n) is 8.23. The molecule has 2 aromatic carbocycles. The van der Waals surface area contributed by atoms with Crippen LogP contribution in [0.15, 0.2) is 48.5 Å². The number of fused-ring (bicyclic) bond motifs is 1. The molecule has 0 atom stereocenters. The predicted molar refractivity (Wildman–Crippen MR) is 120 cm³/mol. The minimum Gasteiger partial charge on any atom is -0.345 e. The largest absolute Gasteiger partial charge is 0.345 e. The summed E-state index contributed by atoms with van der Waals surface area (Å²) in [7, 11) is 3.44. The predicted octanol–water partition coefficient (Wildman–Crippen LogP) is 3.86. The first-order chi connectivity index (χ1) is 15.4. The lowest BCUT2D eigenvalue weighted by Crippen LogP contribution is -2.31. The average Bonchev–Trinajstić information content (AvgIpc) is 3.40. The van der Waals surface area contributed by atoms with E-state index in [1.807, 2.05) is 19.1 Å². The minimum absolute atomic E-state index is 0.0538. The van der Waals surface area contributed by atoms with Crippen LogP contribution in [0.1, 0.15) is 51.0 Å². The number of amides is 2. The van der Waals surface area contributed by atoms with Gasteiger partial charge in [0, 0.05) is 44.0 Å². The Morgan fingerprint density at radius 2 is 1.69 bits per heavy atom. The van der Waals surface area contributed by atoms with Gasteiger partial charge in [0.05, 0.1) is 5.69 Å². The Bertz CT molecular complexity index is 1130. The normalized spacial score (nSPS) is 12.5. The summed E-state index contributed by atoms with van der Waals surface area (Å²) in [6.45, 7) is 2.92. The number of rotatable bonds is 6. The maximum Gasteiger partial charge on any atom is 0.274 e. The Kier molecular flexibility index (Phi) is 6.08. The molecule has 0 bridgehead atoms. The maximum atomic E-state index is 13.4. The monoisotopic (exact) mass is 434 g/mol. The van der Waals surface area contributed by atoms with Crippen LogP contribution < -0.4 is 0 Å². The van der Waals surface area contributed by atoms with Crippen LogP contribution in [0.2, 0.25) is 0 Å². The molecule has 0 fully saturated rings. The first kappa shape index (κ1) is 21.7. The summed E-state index contributed by atoms with van der Waals surface area (Å²) in [6, 6.07) is 13.5. The van der Waals surface area contributed by atoms with Crippen molar-refractivity contribution in [3.63, 3.8) is 0 Å². The Balaban J connectivity index is 1.58. The number of aromatic nitrogens is 2. The molecule has 1 aromatic heterocycles. The van der Waals surface area contributed by atoms with Crippen LogP contribution in [-0.2, 0) is 19.4 Å². The van der Waals surface area contributed by atoms with E-state index in [4.69, 9.17) is 0 Å². The highest BCUT2D eigenvalue weighted by Gasteiger charge is 2.29. The molecule has 0 saturated heterocycles. The van der Waals surface area contributed by atoms with Gasteiger partial charge < -0.3 is 9.80 Å². The van der Waals surface area contributed by atoms with Crippen molar-refractivity contribution in [1.82, 2.24) is 19.6 Å². The fourth-order valence-electron chi connectivity index (χ4n) is 4.11. The van der Waals surface area contributed by atoms with Crippen LogP contribution in [0.4, 0.5) is 4.39 Å². The molecule has 0 N–H and O–H groups in total. The molecule has 0 unspecified atom stereocenters. The Hall–Kier alpha value is -3.48. The molecule has 32 heavy (non-hydrogen) atoms. The molecule has 3 aromatic rings. The highest BCUT2D eigenvalue weighted by Crippen LogP contribution is 2.29. The van der Waals surface area contributed by atoms with Crippen molar-refractivity contribution in [2.75, 3.05) is 20.6 Å². The number of carbonyl (C=O) groups is 2. The Morgan fingerprint density at radius 3 is 2.31 bits per heavy atom. The summed E-state index contributed by atoms with van der Waals surface area (Å²) in [6.07, 6.45) is 2.64. The van der Waals surface area contributed by atoms with E-state index >= 15 is 0 Å². The van der Waals surface area contributed by atoms with Crippen LogP contribution in [-0.4, -0.2) is 52.0 Å². The van der Waals surface area contributed by atoms with Gasteiger partial charge in [-0.1, -0.05) is 12.1 Å². The van der Waals surface area contributed by atoms with E-state index in [9.17, 15) is 14.0 Å². The summed E-state index contributed by atoms with van der Waals surface area (Å²) < 4.78 is 15.1. The molecule has 1 aliphatic rings. The van der Waals surface area contributed by atoms with E-state index < -0.39 is 0 Å². The van der Waals surface area contributed by atoms with Crippen LogP contribution >= 0.6 is 0 Å². The summed E-state index contributed by atoms with van der Waals surface area (Å²) in [4.78, 5) is 28.8. The molecular formula is C25H27FN4O2. The first-order valence-corrected chi connectivity index (χ1v) is 10.9. The Morgan fingerprint density at radius 1 is 1.00 bits per heavy atom. The third-order valence-corrected chi connectivity index (χ3v) is 5.85. The molecule has 0 aliphatic heterocycles. The topological polar surface area (TPSA) is 58.4 Å². The second-order valence-corrected chi connectivity index (χ2v) is 8.23. The summed E-state index contributed by atoms with van der Waals surface area (Å²) in [5.41, 5.74) is 4.82. The molecule has 166 valence electrons. The molecule has 0 spiro atoms. The molecule has 6 nitrogen and oxygen atoms in total. The van der Waals surface area contributed by atoms with Crippen molar-refractivity contribution in [2.24, 2.45) is 0 Å². The van der Waals surface area contributed by atoms with E-state index in [0.717, 1.165) is 41.8 Å². The fraction of sp³-hybridized carbons (Fsp3) is 0.320. The smallest absolute Gasteiger partial charge is 0.274 e.